The number of anilines is 2. The van der Waals surface area contributed by atoms with Crippen LogP contribution in [0.2, 0.25) is 0 Å². The van der Waals surface area contributed by atoms with Gasteiger partial charge in [-0.2, -0.15) is 0 Å². The molecule has 0 amide bonds. The van der Waals surface area contributed by atoms with Crippen LogP contribution in [0.1, 0.15) is 43.5 Å². The van der Waals surface area contributed by atoms with Gasteiger partial charge in [0.05, 0.1) is 10.6 Å². The highest BCUT2D eigenvalue weighted by Gasteiger charge is 2.30. The molecule has 1 atom stereocenters. The van der Waals surface area contributed by atoms with E-state index in [9.17, 15) is 14.9 Å². The standard InChI is InChI=1S/C17H23N3O3/c1-4-6-8-19-11-14(7-5-2)18-17-15(19)9-13(12(3)21)10-16(17)20(22)23/h5,9-10,14,18H,2,4,6-8,11H2,1,3H3/t14-/m0/s1. The number of rotatable bonds is 7. The van der Waals surface area contributed by atoms with Crippen LogP contribution in [0.4, 0.5) is 17.1 Å². The van der Waals surface area contributed by atoms with Crippen molar-refractivity contribution in [1.82, 2.24) is 0 Å². The van der Waals surface area contributed by atoms with Crippen molar-refractivity contribution >= 4 is 22.8 Å². The first-order chi connectivity index (χ1) is 11.0. The Balaban J connectivity index is 2.53. The predicted molar refractivity (Wildman–Crippen MR) is 92.4 cm³/mol. The van der Waals surface area contributed by atoms with Crippen molar-refractivity contribution in [2.75, 3.05) is 23.3 Å². The van der Waals surface area contributed by atoms with E-state index in [1.165, 1.54) is 13.0 Å². The average molecular weight is 317 g/mol. The van der Waals surface area contributed by atoms with E-state index in [0.717, 1.165) is 38.0 Å². The number of carbonyl (C=O) groups is 1. The molecule has 6 heteroatoms. The SMILES string of the molecule is C=CC[C@H]1CN(CCCC)c2cc(C(C)=O)cc([N+](=O)[O-])c2N1. The molecule has 0 spiro atoms. The van der Waals surface area contributed by atoms with Gasteiger partial charge in [0, 0.05) is 30.8 Å². The first-order valence-corrected chi connectivity index (χ1v) is 7.93. The average Bonchev–Trinajstić information content (AvgIpc) is 2.51. The van der Waals surface area contributed by atoms with E-state index in [4.69, 9.17) is 0 Å². The van der Waals surface area contributed by atoms with Crippen molar-refractivity contribution in [3.63, 3.8) is 0 Å². The number of nitrogens with zero attached hydrogens (tertiary/aromatic N) is 2. The van der Waals surface area contributed by atoms with Gasteiger partial charge >= 0.3 is 0 Å². The van der Waals surface area contributed by atoms with Gasteiger partial charge in [0.15, 0.2) is 5.78 Å². The number of hydrogen-bond donors (Lipinski definition) is 1. The number of hydrogen-bond acceptors (Lipinski definition) is 5. The summed E-state index contributed by atoms with van der Waals surface area (Å²) < 4.78 is 0. The topological polar surface area (TPSA) is 75.5 Å². The lowest BCUT2D eigenvalue weighted by Gasteiger charge is -2.37. The van der Waals surface area contributed by atoms with Crippen LogP contribution in [0.3, 0.4) is 0 Å². The molecule has 0 saturated carbocycles. The van der Waals surface area contributed by atoms with Gasteiger partial charge in [-0.1, -0.05) is 19.4 Å². The Labute approximate surface area is 136 Å². The van der Waals surface area contributed by atoms with Crippen LogP contribution >= 0.6 is 0 Å². The largest absolute Gasteiger partial charge is 0.373 e. The van der Waals surface area contributed by atoms with Crippen LogP contribution in [-0.4, -0.2) is 29.8 Å². The normalized spacial score (nSPS) is 16.4. The highest BCUT2D eigenvalue weighted by molar-refractivity contribution is 5.98. The second kappa shape index (κ2) is 7.26. The highest BCUT2D eigenvalue weighted by atomic mass is 16.6. The molecular formula is C17H23N3O3. The van der Waals surface area contributed by atoms with E-state index in [0.29, 0.717) is 11.3 Å². The number of benzene rings is 1. The number of Topliss-reactive ketones (excluding diaryl/α,β-unsaturated/α-hetero) is 1. The second-order valence-electron chi connectivity index (χ2n) is 5.87. The Morgan fingerprint density at radius 2 is 2.30 bits per heavy atom. The van der Waals surface area contributed by atoms with Crippen LogP contribution in [0.25, 0.3) is 0 Å². The molecule has 0 aliphatic carbocycles. The summed E-state index contributed by atoms with van der Waals surface area (Å²) in [4.78, 5) is 24.9. The molecule has 23 heavy (non-hydrogen) atoms. The molecule has 0 radical (unpaired) electrons. The lowest BCUT2D eigenvalue weighted by molar-refractivity contribution is -0.384. The fourth-order valence-electron chi connectivity index (χ4n) is 2.87. The smallest absolute Gasteiger partial charge is 0.295 e. The molecule has 0 unspecified atom stereocenters. The Hall–Kier alpha value is -2.37. The van der Waals surface area contributed by atoms with Gasteiger partial charge in [0.2, 0.25) is 0 Å². The van der Waals surface area contributed by atoms with Gasteiger partial charge in [0.1, 0.15) is 5.69 Å². The fraction of sp³-hybridized carbons (Fsp3) is 0.471. The molecule has 124 valence electrons. The second-order valence-corrected chi connectivity index (χ2v) is 5.87. The predicted octanol–water partition coefficient (Wildman–Crippen LogP) is 3.77. The Morgan fingerprint density at radius 1 is 1.57 bits per heavy atom. The molecule has 1 aliphatic heterocycles. The lowest BCUT2D eigenvalue weighted by Crippen LogP contribution is -2.42. The van der Waals surface area contributed by atoms with Crippen LogP contribution in [-0.2, 0) is 0 Å². The third-order valence-corrected chi connectivity index (χ3v) is 4.06. The maximum Gasteiger partial charge on any atom is 0.295 e. The highest BCUT2D eigenvalue weighted by Crippen LogP contribution is 2.40. The number of nitrogens with one attached hydrogen (secondary N) is 1. The Bertz CT molecular complexity index is 628. The summed E-state index contributed by atoms with van der Waals surface area (Å²) in [5.41, 5.74) is 1.59. The number of nitro benzene ring substituents is 1. The van der Waals surface area contributed by atoms with Gasteiger partial charge in [-0.05, 0) is 25.8 Å². The van der Waals surface area contributed by atoms with Gasteiger partial charge in [-0.15, -0.1) is 6.58 Å². The van der Waals surface area contributed by atoms with E-state index in [1.807, 2.05) is 6.08 Å². The summed E-state index contributed by atoms with van der Waals surface area (Å²) in [7, 11) is 0. The molecular weight excluding hydrogens is 294 g/mol. The molecule has 0 fully saturated rings. The van der Waals surface area contributed by atoms with E-state index < -0.39 is 4.92 Å². The molecule has 1 aromatic rings. The molecule has 0 aromatic heterocycles. The molecule has 0 saturated heterocycles. The third kappa shape index (κ3) is 3.70. The van der Waals surface area contributed by atoms with Crippen molar-refractivity contribution in [1.29, 1.82) is 0 Å². The van der Waals surface area contributed by atoms with Crippen molar-refractivity contribution in [3.8, 4) is 0 Å². The number of nitro groups is 1. The summed E-state index contributed by atoms with van der Waals surface area (Å²) >= 11 is 0. The number of fused-ring (bicyclic) bond motifs is 1. The zero-order valence-corrected chi connectivity index (χ0v) is 13.7. The fourth-order valence-corrected chi connectivity index (χ4v) is 2.87. The molecule has 2 rings (SSSR count). The Kier molecular flexibility index (Phi) is 5.36. The molecule has 1 N–H and O–H groups in total. The summed E-state index contributed by atoms with van der Waals surface area (Å²) in [6.45, 7) is 8.86. The Morgan fingerprint density at radius 3 is 2.87 bits per heavy atom. The van der Waals surface area contributed by atoms with Gasteiger partial charge in [-0.3, -0.25) is 14.9 Å². The first-order valence-electron chi connectivity index (χ1n) is 7.93. The first kappa shape index (κ1) is 17.0. The maximum atomic E-state index is 11.7. The van der Waals surface area contributed by atoms with E-state index in [1.54, 1.807) is 6.07 Å². The maximum absolute atomic E-state index is 11.7. The number of carbonyl (C=O) groups excluding carboxylic acids is 1. The molecule has 6 nitrogen and oxygen atoms in total. The number of ketones is 1. The summed E-state index contributed by atoms with van der Waals surface area (Å²) in [5, 5.41) is 14.7. The zero-order chi connectivity index (χ0) is 17.0. The van der Waals surface area contributed by atoms with E-state index in [2.05, 4.69) is 23.7 Å². The lowest BCUT2D eigenvalue weighted by atomic mass is 10.0. The molecule has 0 bridgehead atoms. The summed E-state index contributed by atoms with van der Waals surface area (Å²) in [6, 6.07) is 3.21. The van der Waals surface area contributed by atoms with Gasteiger partial charge in [-0.25, -0.2) is 0 Å². The minimum absolute atomic E-state index is 0.0389. The quantitative estimate of drug-likeness (QED) is 0.358. The molecule has 1 aliphatic rings. The monoisotopic (exact) mass is 317 g/mol. The minimum atomic E-state index is -0.424. The van der Waals surface area contributed by atoms with Gasteiger partial charge in [0.25, 0.3) is 5.69 Å². The van der Waals surface area contributed by atoms with Crippen molar-refractivity contribution in [2.45, 2.75) is 39.2 Å². The van der Waals surface area contributed by atoms with Crippen molar-refractivity contribution < 1.29 is 9.72 Å². The van der Waals surface area contributed by atoms with Crippen LogP contribution in [0.15, 0.2) is 24.8 Å². The van der Waals surface area contributed by atoms with Gasteiger partial charge < -0.3 is 10.2 Å². The van der Waals surface area contributed by atoms with E-state index >= 15 is 0 Å². The van der Waals surface area contributed by atoms with Crippen molar-refractivity contribution in [2.24, 2.45) is 0 Å². The summed E-state index contributed by atoms with van der Waals surface area (Å²) in [5.74, 6) is -0.167. The number of unbranched alkanes of at least 4 members (excludes halogenated alkanes) is 1. The minimum Gasteiger partial charge on any atom is -0.373 e. The van der Waals surface area contributed by atoms with Crippen LogP contribution in [0, 0.1) is 10.1 Å². The van der Waals surface area contributed by atoms with Crippen molar-refractivity contribution in [3.05, 3.63) is 40.5 Å². The van der Waals surface area contributed by atoms with Crippen LogP contribution in [0.5, 0.6) is 0 Å². The molecule has 1 aromatic carbocycles. The summed E-state index contributed by atoms with van der Waals surface area (Å²) in [6.07, 6.45) is 4.59. The third-order valence-electron chi connectivity index (χ3n) is 4.06. The van der Waals surface area contributed by atoms with Crippen LogP contribution < -0.4 is 10.2 Å². The zero-order valence-electron chi connectivity index (χ0n) is 13.7. The molecule has 1 heterocycles. The van der Waals surface area contributed by atoms with E-state index in [-0.39, 0.29) is 17.5 Å².